The average Bonchev–Trinajstić information content (AvgIpc) is 2.45. The fraction of sp³-hybridized carbons (Fsp3) is 0.200. The molecule has 19 heavy (non-hydrogen) atoms. The van der Waals surface area contributed by atoms with Gasteiger partial charge in [0, 0.05) is 12.4 Å². The highest BCUT2D eigenvalue weighted by molar-refractivity contribution is 5.89. The maximum Gasteiger partial charge on any atom is 0.336 e. The van der Waals surface area contributed by atoms with Crippen LogP contribution in [0.15, 0.2) is 42.7 Å². The van der Waals surface area contributed by atoms with Gasteiger partial charge in [0.15, 0.2) is 0 Å². The van der Waals surface area contributed by atoms with Crippen molar-refractivity contribution in [2.45, 2.75) is 12.8 Å². The van der Waals surface area contributed by atoms with Gasteiger partial charge in [-0.2, -0.15) is 0 Å². The summed E-state index contributed by atoms with van der Waals surface area (Å²) < 4.78 is 5.16. The summed E-state index contributed by atoms with van der Waals surface area (Å²) in [6.07, 6.45) is 4.51. The van der Waals surface area contributed by atoms with E-state index in [0.29, 0.717) is 12.0 Å². The molecular weight excluding hydrogens is 242 g/mol. The average molecular weight is 257 g/mol. The van der Waals surface area contributed by atoms with E-state index < -0.39 is 5.97 Å². The standard InChI is InChI=1S/C15H15NO3/c1-19-13-4-2-3-11(9-13)5-6-12-10-16-8-7-14(12)15(17)18/h2-4,7-10H,5-6H2,1H3,(H,17,18). The third-order valence-electron chi connectivity index (χ3n) is 2.95. The van der Waals surface area contributed by atoms with Crippen LogP contribution in [0.1, 0.15) is 21.5 Å². The molecule has 0 spiro atoms. The molecule has 2 aromatic rings. The molecule has 1 heterocycles. The van der Waals surface area contributed by atoms with E-state index in [2.05, 4.69) is 4.98 Å². The number of carbonyl (C=O) groups is 1. The van der Waals surface area contributed by atoms with Gasteiger partial charge >= 0.3 is 5.97 Å². The maximum absolute atomic E-state index is 11.1. The Morgan fingerprint density at radius 1 is 1.32 bits per heavy atom. The lowest BCUT2D eigenvalue weighted by Gasteiger charge is -2.06. The van der Waals surface area contributed by atoms with Crippen LogP contribution in [0.5, 0.6) is 5.75 Å². The normalized spacial score (nSPS) is 10.2. The van der Waals surface area contributed by atoms with Gasteiger partial charge in [-0.1, -0.05) is 12.1 Å². The number of methoxy groups -OCH3 is 1. The predicted molar refractivity (Wildman–Crippen MR) is 71.6 cm³/mol. The molecule has 0 amide bonds. The number of aromatic carboxylic acids is 1. The van der Waals surface area contributed by atoms with Gasteiger partial charge in [-0.05, 0) is 42.2 Å². The van der Waals surface area contributed by atoms with E-state index in [1.807, 2.05) is 24.3 Å². The van der Waals surface area contributed by atoms with Gasteiger partial charge in [-0.3, -0.25) is 4.98 Å². The first-order valence-corrected chi connectivity index (χ1v) is 6.00. The van der Waals surface area contributed by atoms with E-state index in [1.165, 1.54) is 12.3 Å². The summed E-state index contributed by atoms with van der Waals surface area (Å²) in [4.78, 5) is 15.1. The van der Waals surface area contributed by atoms with Crippen LogP contribution in [0.25, 0.3) is 0 Å². The summed E-state index contributed by atoms with van der Waals surface area (Å²) in [5.41, 5.74) is 2.18. The van der Waals surface area contributed by atoms with Crippen LogP contribution in [-0.2, 0) is 12.8 Å². The molecule has 4 nitrogen and oxygen atoms in total. The molecule has 0 aliphatic rings. The Hall–Kier alpha value is -2.36. The Morgan fingerprint density at radius 2 is 2.16 bits per heavy atom. The largest absolute Gasteiger partial charge is 0.497 e. The van der Waals surface area contributed by atoms with E-state index in [1.54, 1.807) is 13.3 Å². The van der Waals surface area contributed by atoms with Crippen LogP contribution < -0.4 is 4.74 Å². The monoisotopic (exact) mass is 257 g/mol. The first-order valence-electron chi connectivity index (χ1n) is 6.00. The zero-order chi connectivity index (χ0) is 13.7. The molecule has 4 heteroatoms. The van der Waals surface area contributed by atoms with Crippen molar-refractivity contribution in [3.8, 4) is 5.75 Å². The quantitative estimate of drug-likeness (QED) is 0.894. The number of carboxylic acid groups (broad SMARTS) is 1. The van der Waals surface area contributed by atoms with Crippen LogP contribution in [-0.4, -0.2) is 23.2 Å². The van der Waals surface area contributed by atoms with E-state index in [4.69, 9.17) is 9.84 Å². The van der Waals surface area contributed by atoms with Crippen LogP contribution in [0.4, 0.5) is 0 Å². The Balaban J connectivity index is 2.12. The van der Waals surface area contributed by atoms with Crippen LogP contribution in [0.2, 0.25) is 0 Å². The fourth-order valence-electron chi connectivity index (χ4n) is 1.94. The van der Waals surface area contributed by atoms with Crippen LogP contribution in [0, 0.1) is 0 Å². The van der Waals surface area contributed by atoms with Gasteiger partial charge in [0.05, 0.1) is 12.7 Å². The van der Waals surface area contributed by atoms with Gasteiger partial charge in [0.2, 0.25) is 0 Å². The molecular formula is C15H15NO3. The highest BCUT2D eigenvalue weighted by Crippen LogP contribution is 2.16. The van der Waals surface area contributed by atoms with Crippen LogP contribution in [0.3, 0.4) is 0 Å². The molecule has 0 bridgehead atoms. The number of nitrogens with zero attached hydrogens (tertiary/aromatic N) is 1. The molecule has 0 fully saturated rings. The van der Waals surface area contributed by atoms with Crippen molar-refractivity contribution in [2.24, 2.45) is 0 Å². The molecule has 0 aliphatic heterocycles. The van der Waals surface area contributed by atoms with E-state index in [0.717, 1.165) is 23.3 Å². The molecule has 0 unspecified atom stereocenters. The van der Waals surface area contributed by atoms with Crippen LogP contribution >= 0.6 is 0 Å². The van der Waals surface area contributed by atoms with Crippen molar-refractivity contribution in [1.82, 2.24) is 4.98 Å². The number of carboxylic acids is 1. The van der Waals surface area contributed by atoms with Crippen molar-refractivity contribution < 1.29 is 14.6 Å². The number of ether oxygens (including phenoxy) is 1. The first kappa shape index (κ1) is 13.1. The Labute approximate surface area is 111 Å². The highest BCUT2D eigenvalue weighted by Gasteiger charge is 2.09. The van der Waals surface area contributed by atoms with Gasteiger partial charge < -0.3 is 9.84 Å². The summed E-state index contributed by atoms with van der Waals surface area (Å²) in [5, 5.41) is 9.10. The smallest absolute Gasteiger partial charge is 0.336 e. The van der Waals surface area contributed by atoms with Gasteiger partial charge in [0.25, 0.3) is 0 Å². The van der Waals surface area contributed by atoms with Gasteiger partial charge in [0.1, 0.15) is 5.75 Å². The summed E-state index contributed by atoms with van der Waals surface area (Å²) in [6.45, 7) is 0. The van der Waals surface area contributed by atoms with Crippen molar-refractivity contribution >= 4 is 5.97 Å². The zero-order valence-electron chi connectivity index (χ0n) is 10.7. The molecule has 0 atom stereocenters. The molecule has 0 radical (unpaired) electrons. The summed E-state index contributed by atoms with van der Waals surface area (Å²) in [5.74, 6) is -0.106. The third-order valence-corrected chi connectivity index (χ3v) is 2.95. The lowest BCUT2D eigenvalue weighted by molar-refractivity contribution is 0.0695. The Kier molecular flexibility index (Phi) is 4.13. The lowest BCUT2D eigenvalue weighted by atomic mass is 10.0. The molecule has 1 aromatic carbocycles. The number of hydrogen-bond acceptors (Lipinski definition) is 3. The van der Waals surface area contributed by atoms with Gasteiger partial charge in [-0.25, -0.2) is 4.79 Å². The lowest BCUT2D eigenvalue weighted by Crippen LogP contribution is -2.04. The van der Waals surface area contributed by atoms with E-state index in [9.17, 15) is 4.79 Å². The minimum absolute atomic E-state index is 0.317. The van der Waals surface area contributed by atoms with E-state index in [-0.39, 0.29) is 0 Å². The van der Waals surface area contributed by atoms with E-state index >= 15 is 0 Å². The number of aromatic nitrogens is 1. The molecule has 1 aromatic heterocycles. The summed E-state index contributed by atoms with van der Waals surface area (Å²) in [6, 6.07) is 9.30. The Bertz CT molecular complexity index is 581. The summed E-state index contributed by atoms with van der Waals surface area (Å²) >= 11 is 0. The third kappa shape index (κ3) is 3.31. The summed E-state index contributed by atoms with van der Waals surface area (Å²) in [7, 11) is 1.63. The molecule has 0 saturated carbocycles. The number of benzene rings is 1. The zero-order valence-corrected chi connectivity index (χ0v) is 10.7. The minimum atomic E-state index is -0.914. The number of rotatable bonds is 5. The molecule has 0 aliphatic carbocycles. The molecule has 0 saturated heterocycles. The van der Waals surface area contributed by atoms with Crippen molar-refractivity contribution in [1.29, 1.82) is 0 Å². The molecule has 2 rings (SSSR count). The first-order chi connectivity index (χ1) is 9.20. The second-order valence-corrected chi connectivity index (χ2v) is 4.19. The minimum Gasteiger partial charge on any atom is -0.497 e. The second-order valence-electron chi connectivity index (χ2n) is 4.19. The number of pyridine rings is 1. The Morgan fingerprint density at radius 3 is 2.89 bits per heavy atom. The number of hydrogen-bond donors (Lipinski definition) is 1. The highest BCUT2D eigenvalue weighted by atomic mass is 16.5. The van der Waals surface area contributed by atoms with Gasteiger partial charge in [-0.15, -0.1) is 0 Å². The van der Waals surface area contributed by atoms with Crippen molar-refractivity contribution in [2.75, 3.05) is 7.11 Å². The molecule has 98 valence electrons. The topological polar surface area (TPSA) is 59.4 Å². The number of aryl methyl sites for hydroxylation is 2. The predicted octanol–water partition coefficient (Wildman–Crippen LogP) is 2.57. The second kappa shape index (κ2) is 6.00. The SMILES string of the molecule is COc1cccc(CCc2cnccc2C(=O)O)c1. The maximum atomic E-state index is 11.1. The molecule has 1 N–H and O–H groups in total. The van der Waals surface area contributed by atoms with Crippen molar-refractivity contribution in [3.05, 3.63) is 59.4 Å². The fourth-order valence-corrected chi connectivity index (χ4v) is 1.94. The van der Waals surface area contributed by atoms with Crippen molar-refractivity contribution in [3.63, 3.8) is 0 Å².